The zero-order chi connectivity index (χ0) is 20.1. The molecule has 0 fully saturated rings. The number of thiophene rings is 1. The van der Waals surface area contributed by atoms with Crippen LogP contribution in [0, 0.1) is 0 Å². The summed E-state index contributed by atoms with van der Waals surface area (Å²) in [7, 11) is 0. The Morgan fingerprint density at radius 2 is 1.76 bits per heavy atom. The maximum Gasteiger partial charge on any atom is 0.251 e. The first-order chi connectivity index (χ1) is 14.2. The Kier molecular flexibility index (Phi) is 5.76. The molecule has 4 rings (SSSR count). The van der Waals surface area contributed by atoms with Gasteiger partial charge in [0.05, 0.1) is 6.42 Å². The summed E-state index contributed by atoms with van der Waals surface area (Å²) in [5.74, 6) is 0.705. The topological polar surface area (TPSA) is 76.7 Å². The number of carbonyl (C=O) groups excluding carboxylic acids is 2. The molecule has 3 aromatic rings. The van der Waals surface area contributed by atoms with Crippen molar-refractivity contribution in [3.63, 3.8) is 0 Å². The highest BCUT2D eigenvalue weighted by Gasteiger charge is 2.23. The number of hydrogen-bond donors (Lipinski definition) is 2. The second kappa shape index (κ2) is 8.79. The predicted octanol–water partition coefficient (Wildman–Crippen LogP) is 3.56. The summed E-state index contributed by atoms with van der Waals surface area (Å²) in [4.78, 5) is 26.5. The highest BCUT2D eigenvalue weighted by atomic mass is 32.1. The number of ether oxygens (including phenoxy) is 2. The third-order valence-corrected chi connectivity index (χ3v) is 5.30. The van der Waals surface area contributed by atoms with Crippen LogP contribution in [0.3, 0.4) is 0 Å². The molecule has 0 bridgehead atoms. The summed E-state index contributed by atoms with van der Waals surface area (Å²) in [6.07, 6.45) is 0.234. The molecule has 2 N–H and O–H groups in total. The molecule has 0 aliphatic carbocycles. The van der Waals surface area contributed by atoms with Crippen LogP contribution in [0.15, 0.2) is 66.0 Å². The van der Waals surface area contributed by atoms with Gasteiger partial charge in [-0.3, -0.25) is 9.59 Å². The van der Waals surface area contributed by atoms with Crippen LogP contribution in [0.2, 0.25) is 0 Å². The summed E-state index contributed by atoms with van der Waals surface area (Å²) in [6, 6.07) is 17.4. The van der Waals surface area contributed by atoms with Crippen molar-refractivity contribution in [3.05, 3.63) is 76.5 Å². The van der Waals surface area contributed by atoms with E-state index in [0.717, 1.165) is 4.88 Å². The monoisotopic (exact) mass is 408 g/mol. The van der Waals surface area contributed by atoms with E-state index in [1.54, 1.807) is 18.2 Å². The third-order valence-electron chi connectivity index (χ3n) is 4.43. The van der Waals surface area contributed by atoms with Gasteiger partial charge in [-0.1, -0.05) is 36.4 Å². The van der Waals surface area contributed by atoms with E-state index in [1.807, 2.05) is 47.8 Å². The standard InChI is InChI=1S/C22H20N2O4S/c25-20(14-17-7-4-12-29-17)24-21(15-5-2-1-3-6-15)22(26)23-16-8-9-18-19(13-16)28-11-10-27-18/h1-9,12-13,21H,10-11,14H2,(H,23,26)(H,24,25). The lowest BCUT2D eigenvalue weighted by molar-refractivity contribution is -0.126. The molecular formula is C22H20N2O4S. The molecule has 7 heteroatoms. The molecule has 148 valence electrons. The van der Waals surface area contributed by atoms with E-state index >= 15 is 0 Å². The van der Waals surface area contributed by atoms with E-state index in [9.17, 15) is 9.59 Å². The van der Waals surface area contributed by atoms with Crippen molar-refractivity contribution in [3.8, 4) is 11.5 Å². The fraction of sp³-hybridized carbons (Fsp3) is 0.182. The SMILES string of the molecule is O=C(Cc1cccs1)NC(C(=O)Nc1ccc2c(c1)OCCO2)c1ccccc1. The van der Waals surface area contributed by atoms with Gasteiger partial charge >= 0.3 is 0 Å². The Bertz CT molecular complexity index is 989. The van der Waals surface area contributed by atoms with Crippen LogP contribution >= 0.6 is 11.3 Å². The summed E-state index contributed by atoms with van der Waals surface area (Å²) in [5.41, 5.74) is 1.29. The summed E-state index contributed by atoms with van der Waals surface area (Å²) >= 11 is 1.51. The number of rotatable bonds is 6. The summed E-state index contributed by atoms with van der Waals surface area (Å²) in [5, 5.41) is 7.64. The Morgan fingerprint density at radius 1 is 0.966 bits per heavy atom. The largest absolute Gasteiger partial charge is 0.486 e. The van der Waals surface area contributed by atoms with Gasteiger partial charge in [0.25, 0.3) is 5.91 Å². The minimum absolute atomic E-state index is 0.210. The first-order valence-electron chi connectivity index (χ1n) is 9.26. The maximum atomic E-state index is 13.0. The Labute approximate surface area is 172 Å². The first kappa shape index (κ1) is 19.0. The van der Waals surface area contributed by atoms with E-state index in [-0.39, 0.29) is 18.2 Å². The summed E-state index contributed by atoms with van der Waals surface area (Å²) < 4.78 is 11.1. The van der Waals surface area contributed by atoms with Crippen LogP contribution in [0.25, 0.3) is 0 Å². The number of amides is 2. The normalized spacial score (nSPS) is 13.4. The van der Waals surface area contributed by atoms with Crippen molar-refractivity contribution in [2.75, 3.05) is 18.5 Å². The van der Waals surface area contributed by atoms with Crippen molar-refractivity contribution in [1.29, 1.82) is 0 Å². The number of carbonyl (C=O) groups is 2. The third kappa shape index (κ3) is 4.75. The molecule has 1 unspecified atom stereocenters. The van der Waals surface area contributed by atoms with Gasteiger partial charge in [0, 0.05) is 16.6 Å². The van der Waals surface area contributed by atoms with Gasteiger partial charge in [-0.2, -0.15) is 0 Å². The van der Waals surface area contributed by atoms with Crippen LogP contribution in [0.5, 0.6) is 11.5 Å². The van der Waals surface area contributed by atoms with E-state index in [0.29, 0.717) is 36.0 Å². The molecule has 2 amide bonds. The van der Waals surface area contributed by atoms with Gasteiger partial charge in [-0.15, -0.1) is 11.3 Å². The van der Waals surface area contributed by atoms with Crippen molar-refractivity contribution < 1.29 is 19.1 Å². The van der Waals surface area contributed by atoms with Crippen LogP contribution in [-0.4, -0.2) is 25.0 Å². The quantitative estimate of drug-likeness (QED) is 0.654. The van der Waals surface area contributed by atoms with Gasteiger partial charge < -0.3 is 20.1 Å². The lowest BCUT2D eigenvalue weighted by Crippen LogP contribution is -2.37. The van der Waals surface area contributed by atoms with Gasteiger partial charge in [0.1, 0.15) is 19.3 Å². The number of fused-ring (bicyclic) bond motifs is 1. The molecule has 0 saturated carbocycles. The molecule has 2 aromatic carbocycles. The maximum absolute atomic E-state index is 13.0. The molecule has 6 nitrogen and oxygen atoms in total. The average molecular weight is 408 g/mol. The van der Waals surface area contributed by atoms with Gasteiger partial charge in [0.15, 0.2) is 11.5 Å². The molecule has 0 spiro atoms. The van der Waals surface area contributed by atoms with Crippen LogP contribution in [0.1, 0.15) is 16.5 Å². The molecule has 0 radical (unpaired) electrons. The van der Waals surface area contributed by atoms with E-state index in [2.05, 4.69) is 10.6 Å². The Hall–Kier alpha value is -3.32. The van der Waals surface area contributed by atoms with Crippen molar-refractivity contribution in [1.82, 2.24) is 5.32 Å². The van der Waals surface area contributed by atoms with E-state index in [4.69, 9.17) is 9.47 Å². The lowest BCUT2D eigenvalue weighted by Gasteiger charge is -2.21. The predicted molar refractivity (Wildman–Crippen MR) is 111 cm³/mol. The van der Waals surface area contributed by atoms with E-state index < -0.39 is 6.04 Å². The van der Waals surface area contributed by atoms with E-state index in [1.165, 1.54) is 11.3 Å². The second-order valence-electron chi connectivity index (χ2n) is 6.52. The summed E-state index contributed by atoms with van der Waals surface area (Å²) in [6.45, 7) is 0.973. The zero-order valence-corrected chi connectivity index (χ0v) is 16.4. The molecule has 1 atom stereocenters. The first-order valence-corrected chi connectivity index (χ1v) is 10.1. The lowest BCUT2D eigenvalue weighted by atomic mass is 10.1. The van der Waals surface area contributed by atoms with Gasteiger partial charge in [-0.05, 0) is 29.1 Å². The highest BCUT2D eigenvalue weighted by Crippen LogP contribution is 2.33. The fourth-order valence-electron chi connectivity index (χ4n) is 3.06. The molecule has 29 heavy (non-hydrogen) atoms. The molecule has 2 heterocycles. The second-order valence-corrected chi connectivity index (χ2v) is 7.55. The number of hydrogen-bond acceptors (Lipinski definition) is 5. The fourth-order valence-corrected chi connectivity index (χ4v) is 3.77. The van der Waals surface area contributed by atoms with Crippen molar-refractivity contribution in [2.45, 2.75) is 12.5 Å². The van der Waals surface area contributed by atoms with Crippen LogP contribution in [-0.2, 0) is 16.0 Å². The molecule has 0 saturated heterocycles. The van der Waals surface area contributed by atoms with Crippen LogP contribution in [0.4, 0.5) is 5.69 Å². The number of nitrogens with one attached hydrogen (secondary N) is 2. The van der Waals surface area contributed by atoms with Crippen molar-refractivity contribution in [2.24, 2.45) is 0 Å². The van der Waals surface area contributed by atoms with Gasteiger partial charge in [-0.25, -0.2) is 0 Å². The molecular weight excluding hydrogens is 388 g/mol. The molecule has 1 aliphatic heterocycles. The smallest absolute Gasteiger partial charge is 0.251 e. The van der Waals surface area contributed by atoms with Crippen LogP contribution < -0.4 is 20.1 Å². The Balaban J connectivity index is 1.51. The zero-order valence-electron chi connectivity index (χ0n) is 15.6. The molecule has 1 aliphatic rings. The minimum Gasteiger partial charge on any atom is -0.486 e. The van der Waals surface area contributed by atoms with Gasteiger partial charge in [0.2, 0.25) is 5.91 Å². The highest BCUT2D eigenvalue weighted by molar-refractivity contribution is 7.10. The Morgan fingerprint density at radius 3 is 2.52 bits per heavy atom. The van der Waals surface area contributed by atoms with Crippen molar-refractivity contribution >= 4 is 28.8 Å². The number of anilines is 1. The average Bonchev–Trinajstić information content (AvgIpc) is 3.25. The number of benzene rings is 2. The minimum atomic E-state index is -0.808. The molecule has 1 aromatic heterocycles.